The number of rotatable bonds is 5. The van der Waals surface area contributed by atoms with Gasteiger partial charge in [0.05, 0.1) is 0 Å². The van der Waals surface area contributed by atoms with Crippen LogP contribution in [-0.4, -0.2) is 28.6 Å². The molecule has 0 amide bonds. The molecule has 3 atom stereocenters. The fraction of sp³-hybridized carbons (Fsp3) is 0.643. The predicted octanol–water partition coefficient (Wildman–Crippen LogP) is 2.90. The minimum atomic E-state index is -0.859. The standard InChI is InChI=1S/C14H23NO2/c1-5-10(2)12(4)13(9-14(16)17)15-8-6-7-11(15)3/h5,9-12H,1,6-8H2,2-4H3,(H,16,17)/b13-9-/t10-,11-,12+/m0/s1. The summed E-state index contributed by atoms with van der Waals surface area (Å²) < 4.78 is 0. The third-order valence-corrected chi connectivity index (χ3v) is 3.78. The van der Waals surface area contributed by atoms with Crippen molar-refractivity contribution in [2.75, 3.05) is 6.54 Å². The monoisotopic (exact) mass is 237 g/mol. The second-order valence-electron chi connectivity index (χ2n) is 4.98. The molecule has 3 nitrogen and oxygen atoms in total. The van der Waals surface area contributed by atoms with Gasteiger partial charge in [0.1, 0.15) is 0 Å². The number of carboxylic acid groups (broad SMARTS) is 1. The Balaban J connectivity index is 2.95. The predicted molar refractivity (Wildman–Crippen MR) is 69.6 cm³/mol. The highest BCUT2D eigenvalue weighted by Crippen LogP contribution is 2.30. The van der Waals surface area contributed by atoms with Gasteiger partial charge in [0.15, 0.2) is 0 Å². The van der Waals surface area contributed by atoms with E-state index in [2.05, 4.69) is 32.3 Å². The van der Waals surface area contributed by atoms with Gasteiger partial charge in [0.25, 0.3) is 0 Å². The molecule has 1 fully saturated rings. The third-order valence-electron chi connectivity index (χ3n) is 3.78. The summed E-state index contributed by atoms with van der Waals surface area (Å²) in [5, 5.41) is 9.00. The van der Waals surface area contributed by atoms with Crippen molar-refractivity contribution in [3.8, 4) is 0 Å². The number of carboxylic acids is 1. The second kappa shape index (κ2) is 5.89. The summed E-state index contributed by atoms with van der Waals surface area (Å²) in [5.74, 6) is -0.375. The molecular formula is C14H23NO2. The molecule has 0 aromatic carbocycles. The summed E-state index contributed by atoms with van der Waals surface area (Å²) in [4.78, 5) is 13.2. The van der Waals surface area contributed by atoms with Gasteiger partial charge in [-0.05, 0) is 25.7 Å². The van der Waals surface area contributed by atoms with E-state index in [1.807, 2.05) is 6.08 Å². The molecule has 17 heavy (non-hydrogen) atoms. The van der Waals surface area contributed by atoms with Gasteiger partial charge in [-0.25, -0.2) is 4.79 Å². The topological polar surface area (TPSA) is 40.5 Å². The van der Waals surface area contributed by atoms with Crippen LogP contribution in [-0.2, 0) is 4.79 Å². The molecule has 1 N–H and O–H groups in total. The molecule has 3 heteroatoms. The normalized spacial score (nSPS) is 24.5. The van der Waals surface area contributed by atoms with Crippen molar-refractivity contribution in [1.29, 1.82) is 0 Å². The van der Waals surface area contributed by atoms with Crippen LogP contribution in [0.3, 0.4) is 0 Å². The Hall–Kier alpha value is -1.25. The van der Waals surface area contributed by atoms with Crippen molar-refractivity contribution in [2.45, 2.75) is 39.7 Å². The van der Waals surface area contributed by atoms with Gasteiger partial charge in [-0.3, -0.25) is 0 Å². The summed E-state index contributed by atoms with van der Waals surface area (Å²) in [5.41, 5.74) is 0.940. The molecule has 0 aliphatic carbocycles. The fourth-order valence-electron chi connectivity index (χ4n) is 2.39. The lowest BCUT2D eigenvalue weighted by Crippen LogP contribution is -2.31. The van der Waals surface area contributed by atoms with E-state index in [-0.39, 0.29) is 11.8 Å². The first kappa shape index (κ1) is 13.8. The van der Waals surface area contributed by atoms with Crippen molar-refractivity contribution < 1.29 is 9.90 Å². The average Bonchev–Trinajstić information content (AvgIpc) is 2.70. The second-order valence-corrected chi connectivity index (χ2v) is 4.98. The van der Waals surface area contributed by atoms with Crippen molar-refractivity contribution in [3.05, 3.63) is 24.4 Å². The molecule has 0 bridgehead atoms. The van der Waals surface area contributed by atoms with Crippen LogP contribution >= 0.6 is 0 Å². The molecule has 0 unspecified atom stereocenters. The van der Waals surface area contributed by atoms with Gasteiger partial charge in [-0.2, -0.15) is 0 Å². The van der Waals surface area contributed by atoms with Crippen LogP contribution in [0.1, 0.15) is 33.6 Å². The zero-order valence-corrected chi connectivity index (χ0v) is 11.0. The van der Waals surface area contributed by atoms with Crippen LogP contribution in [0.4, 0.5) is 0 Å². The Morgan fingerprint density at radius 3 is 2.59 bits per heavy atom. The zero-order valence-electron chi connectivity index (χ0n) is 11.0. The smallest absolute Gasteiger partial charge is 0.330 e. The highest BCUT2D eigenvalue weighted by molar-refractivity contribution is 5.80. The first-order valence-corrected chi connectivity index (χ1v) is 6.31. The van der Waals surface area contributed by atoms with Crippen molar-refractivity contribution in [3.63, 3.8) is 0 Å². The van der Waals surface area contributed by atoms with E-state index in [1.165, 1.54) is 6.08 Å². The lowest BCUT2D eigenvalue weighted by Gasteiger charge is -2.32. The van der Waals surface area contributed by atoms with E-state index in [0.29, 0.717) is 6.04 Å². The molecule has 1 heterocycles. The number of allylic oxidation sites excluding steroid dienone is 2. The number of carbonyl (C=O) groups is 1. The van der Waals surface area contributed by atoms with E-state index in [0.717, 1.165) is 25.1 Å². The first-order chi connectivity index (χ1) is 7.97. The summed E-state index contributed by atoms with van der Waals surface area (Å²) >= 11 is 0. The van der Waals surface area contributed by atoms with Crippen LogP contribution in [0, 0.1) is 11.8 Å². The Bertz CT molecular complexity index is 322. The van der Waals surface area contributed by atoms with E-state index in [1.54, 1.807) is 0 Å². The Morgan fingerprint density at radius 1 is 1.53 bits per heavy atom. The third kappa shape index (κ3) is 3.35. The van der Waals surface area contributed by atoms with Crippen molar-refractivity contribution in [2.24, 2.45) is 11.8 Å². The Labute approximate surface area is 104 Å². The lowest BCUT2D eigenvalue weighted by molar-refractivity contribution is -0.131. The van der Waals surface area contributed by atoms with Gasteiger partial charge in [-0.15, -0.1) is 6.58 Å². The van der Waals surface area contributed by atoms with E-state index in [9.17, 15) is 4.79 Å². The number of aliphatic carboxylic acids is 1. The van der Waals surface area contributed by atoms with Crippen molar-refractivity contribution >= 4 is 5.97 Å². The molecular weight excluding hydrogens is 214 g/mol. The number of hydrogen-bond donors (Lipinski definition) is 1. The fourth-order valence-corrected chi connectivity index (χ4v) is 2.39. The van der Waals surface area contributed by atoms with Gasteiger partial charge in [0, 0.05) is 30.3 Å². The Morgan fingerprint density at radius 2 is 2.18 bits per heavy atom. The first-order valence-electron chi connectivity index (χ1n) is 6.31. The molecule has 1 saturated heterocycles. The highest BCUT2D eigenvalue weighted by atomic mass is 16.4. The van der Waals surface area contributed by atoms with Gasteiger partial charge in [0.2, 0.25) is 0 Å². The van der Waals surface area contributed by atoms with Gasteiger partial charge in [-0.1, -0.05) is 19.9 Å². The minimum Gasteiger partial charge on any atom is -0.478 e. The zero-order chi connectivity index (χ0) is 13.0. The minimum absolute atomic E-state index is 0.198. The largest absolute Gasteiger partial charge is 0.478 e. The van der Waals surface area contributed by atoms with Gasteiger partial charge >= 0.3 is 5.97 Å². The average molecular weight is 237 g/mol. The maximum absolute atomic E-state index is 11.0. The molecule has 1 aliphatic rings. The number of hydrogen-bond acceptors (Lipinski definition) is 2. The Kier molecular flexibility index (Phi) is 4.79. The van der Waals surface area contributed by atoms with Crippen LogP contribution in [0.15, 0.2) is 24.4 Å². The maximum Gasteiger partial charge on any atom is 0.330 e. The molecule has 96 valence electrons. The highest BCUT2D eigenvalue weighted by Gasteiger charge is 2.27. The number of nitrogens with zero attached hydrogens (tertiary/aromatic N) is 1. The van der Waals surface area contributed by atoms with Crippen LogP contribution < -0.4 is 0 Å². The summed E-state index contributed by atoms with van der Waals surface area (Å²) in [6, 6.07) is 0.445. The van der Waals surface area contributed by atoms with Crippen LogP contribution in [0.25, 0.3) is 0 Å². The van der Waals surface area contributed by atoms with E-state index < -0.39 is 5.97 Å². The van der Waals surface area contributed by atoms with Crippen LogP contribution in [0.2, 0.25) is 0 Å². The molecule has 1 aliphatic heterocycles. The van der Waals surface area contributed by atoms with Gasteiger partial charge < -0.3 is 10.0 Å². The molecule has 0 radical (unpaired) electrons. The maximum atomic E-state index is 11.0. The molecule has 0 spiro atoms. The molecule has 0 aromatic heterocycles. The molecule has 1 rings (SSSR count). The summed E-state index contributed by atoms with van der Waals surface area (Å²) in [7, 11) is 0. The molecule has 0 aromatic rings. The van der Waals surface area contributed by atoms with E-state index >= 15 is 0 Å². The number of likely N-dealkylation sites (tertiary alicyclic amines) is 1. The van der Waals surface area contributed by atoms with Crippen LogP contribution in [0.5, 0.6) is 0 Å². The molecule has 0 saturated carbocycles. The SMILES string of the molecule is C=C[C@H](C)[C@@H](C)/C(=C/C(=O)O)N1CCC[C@@H]1C. The quantitative estimate of drug-likeness (QED) is 0.590. The summed E-state index contributed by atoms with van der Waals surface area (Å²) in [6.07, 6.45) is 5.55. The lowest BCUT2D eigenvalue weighted by atomic mass is 9.91. The van der Waals surface area contributed by atoms with E-state index in [4.69, 9.17) is 5.11 Å². The van der Waals surface area contributed by atoms with Crippen molar-refractivity contribution in [1.82, 2.24) is 4.90 Å². The summed E-state index contributed by atoms with van der Waals surface area (Å²) in [6.45, 7) is 11.1.